The third-order valence-electron chi connectivity index (χ3n) is 2.07. The summed E-state index contributed by atoms with van der Waals surface area (Å²) in [5, 5.41) is 5.41. The predicted molar refractivity (Wildman–Crippen MR) is 63.1 cm³/mol. The minimum atomic E-state index is 0.585. The van der Waals surface area contributed by atoms with Crippen molar-refractivity contribution in [1.29, 1.82) is 0 Å². The number of hydrogen-bond acceptors (Lipinski definition) is 2. The Morgan fingerprint density at radius 1 is 1.13 bits per heavy atom. The minimum Gasteiger partial charge on any atom is -0.384 e. The molecule has 2 aromatic rings. The monoisotopic (exact) mass is 241 g/mol. The van der Waals surface area contributed by atoms with Crippen molar-refractivity contribution in [3.63, 3.8) is 0 Å². The van der Waals surface area contributed by atoms with E-state index < -0.39 is 0 Å². The van der Waals surface area contributed by atoms with E-state index in [9.17, 15) is 0 Å². The van der Waals surface area contributed by atoms with Crippen molar-refractivity contribution in [2.24, 2.45) is 7.05 Å². The number of rotatable bonds is 1. The predicted octanol–water partition coefficient (Wildman–Crippen LogP) is 2.98. The third kappa shape index (κ3) is 2.08. The zero-order valence-corrected chi connectivity index (χ0v) is 9.55. The molecule has 78 valence electrons. The Morgan fingerprint density at radius 2 is 1.73 bits per heavy atom. The van der Waals surface area contributed by atoms with E-state index in [2.05, 4.69) is 5.10 Å². The van der Waals surface area contributed by atoms with E-state index >= 15 is 0 Å². The maximum atomic E-state index is 5.90. The molecule has 2 N–H and O–H groups in total. The van der Waals surface area contributed by atoms with E-state index in [0.29, 0.717) is 15.9 Å². The molecule has 1 aromatic heterocycles. The van der Waals surface area contributed by atoms with Crippen LogP contribution in [0.5, 0.6) is 0 Å². The maximum absolute atomic E-state index is 5.90. The van der Waals surface area contributed by atoms with Gasteiger partial charge in [0.15, 0.2) is 0 Å². The molecule has 0 unspecified atom stereocenters. The van der Waals surface area contributed by atoms with E-state index in [1.165, 1.54) is 0 Å². The number of nitrogen functional groups attached to an aromatic ring is 1. The number of halogens is 2. The summed E-state index contributed by atoms with van der Waals surface area (Å²) in [6, 6.07) is 7.06. The van der Waals surface area contributed by atoms with Gasteiger partial charge in [-0.2, -0.15) is 5.10 Å². The molecular weight excluding hydrogens is 233 g/mol. The number of benzene rings is 1. The van der Waals surface area contributed by atoms with E-state index in [1.807, 2.05) is 0 Å². The number of aromatic nitrogens is 2. The molecule has 1 heterocycles. The molecule has 3 nitrogen and oxygen atoms in total. The third-order valence-corrected chi connectivity index (χ3v) is 2.51. The first-order chi connectivity index (χ1) is 7.06. The summed E-state index contributed by atoms with van der Waals surface area (Å²) >= 11 is 11.8. The van der Waals surface area contributed by atoms with Crippen molar-refractivity contribution in [3.8, 4) is 11.3 Å². The lowest BCUT2D eigenvalue weighted by atomic mass is 10.1. The van der Waals surface area contributed by atoms with Gasteiger partial charge in [-0.1, -0.05) is 23.2 Å². The van der Waals surface area contributed by atoms with Gasteiger partial charge in [0.05, 0.1) is 5.69 Å². The lowest BCUT2D eigenvalue weighted by Gasteiger charge is -1.98. The summed E-state index contributed by atoms with van der Waals surface area (Å²) in [6.07, 6.45) is 0. The molecule has 0 spiro atoms. The van der Waals surface area contributed by atoms with Crippen molar-refractivity contribution in [2.45, 2.75) is 0 Å². The van der Waals surface area contributed by atoms with Crippen LogP contribution in [0, 0.1) is 0 Å². The highest BCUT2D eigenvalue weighted by molar-refractivity contribution is 6.35. The van der Waals surface area contributed by atoms with Crippen molar-refractivity contribution in [2.75, 3.05) is 5.73 Å². The highest BCUT2D eigenvalue weighted by Crippen LogP contribution is 2.27. The van der Waals surface area contributed by atoms with Crippen LogP contribution in [-0.4, -0.2) is 9.78 Å². The first kappa shape index (κ1) is 10.3. The van der Waals surface area contributed by atoms with Crippen LogP contribution in [0.15, 0.2) is 24.3 Å². The molecule has 0 bridgehead atoms. The van der Waals surface area contributed by atoms with Crippen LogP contribution in [0.3, 0.4) is 0 Å². The fourth-order valence-electron chi connectivity index (χ4n) is 1.32. The summed E-state index contributed by atoms with van der Waals surface area (Å²) in [4.78, 5) is 0. The van der Waals surface area contributed by atoms with Gasteiger partial charge in [0.1, 0.15) is 5.82 Å². The van der Waals surface area contributed by atoms with Crippen LogP contribution >= 0.6 is 23.2 Å². The molecule has 0 saturated heterocycles. The van der Waals surface area contributed by atoms with Crippen LogP contribution in [0.2, 0.25) is 10.0 Å². The van der Waals surface area contributed by atoms with Gasteiger partial charge in [-0.3, -0.25) is 4.68 Å². The molecule has 0 atom stereocenters. The van der Waals surface area contributed by atoms with E-state index in [4.69, 9.17) is 28.9 Å². The van der Waals surface area contributed by atoms with Crippen LogP contribution in [0.1, 0.15) is 0 Å². The molecule has 1 aromatic carbocycles. The molecule has 0 saturated carbocycles. The Morgan fingerprint density at radius 3 is 2.20 bits per heavy atom. The molecule has 0 aliphatic heterocycles. The molecule has 2 rings (SSSR count). The lowest BCUT2D eigenvalue weighted by molar-refractivity contribution is 0.782. The van der Waals surface area contributed by atoms with Crippen LogP contribution < -0.4 is 5.73 Å². The van der Waals surface area contributed by atoms with Gasteiger partial charge in [-0.25, -0.2) is 0 Å². The minimum absolute atomic E-state index is 0.585. The van der Waals surface area contributed by atoms with E-state index in [-0.39, 0.29) is 0 Å². The summed E-state index contributed by atoms with van der Waals surface area (Å²) in [5.41, 5.74) is 7.31. The van der Waals surface area contributed by atoms with Crippen molar-refractivity contribution < 1.29 is 0 Å². The molecule has 5 heteroatoms. The van der Waals surface area contributed by atoms with Gasteiger partial charge < -0.3 is 5.73 Å². The highest BCUT2D eigenvalue weighted by atomic mass is 35.5. The van der Waals surface area contributed by atoms with Gasteiger partial charge in [0.2, 0.25) is 0 Å². The van der Waals surface area contributed by atoms with Crippen LogP contribution in [0.4, 0.5) is 5.82 Å². The number of hydrogen-bond donors (Lipinski definition) is 1. The molecule has 15 heavy (non-hydrogen) atoms. The summed E-state index contributed by atoms with van der Waals surface area (Å²) in [6.45, 7) is 0. The van der Waals surface area contributed by atoms with Gasteiger partial charge in [0, 0.05) is 28.7 Å². The number of nitrogens with zero attached hydrogens (tertiary/aromatic N) is 2. The Kier molecular flexibility index (Phi) is 2.59. The summed E-state index contributed by atoms with van der Waals surface area (Å²) in [7, 11) is 1.78. The number of anilines is 1. The first-order valence-electron chi connectivity index (χ1n) is 4.32. The maximum Gasteiger partial charge on any atom is 0.121 e. The van der Waals surface area contributed by atoms with Gasteiger partial charge in [-0.05, 0) is 18.2 Å². The Labute approximate surface area is 97.4 Å². The lowest BCUT2D eigenvalue weighted by Crippen LogP contribution is -1.96. The second kappa shape index (κ2) is 3.76. The molecule has 0 aliphatic carbocycles. The number of aryl methyl sites for hydroxylation is 1. The van der Waals surface area contributed by atoms with Crippen LogP contribution in [0.25, 0.3) is 11.3 Å². The van der Waals surface area contributed by atoms with Crippen LogP contribution in [-0.2, 0) is 7.05 Å². The Hall–Kier alpha value is -1.19. The molecule has 0 aliphatic rings. The van der Waals surface area contributed by atoms with Gasteiger partial charge in [-0.15, -0.1) is 0 Å². The zero-order chi connectivity index (χ0) is 11.0. The quantitative estimate of drug-likeness (QED) is 0.835. The smallest absolute Gasteiger partial charge is 0.121 e. The van der Waals surface area contributed by atoms with E-state index in [1.54, 1.807) is 36.0 Å². The average Bonchev–Trinajstić information content (AvgIpc) is 2.45. The van der Waals surface area contributed by atoms with Gasteiger partial charge >= 0.3 is 0 Å². The second-order valence-electron chi connectivity index (χ2n) is 3.24. The summed E-state index contributed by atoms with van der Waals surface area (Å²) in [5.74, 6) is 0.598. The van der Waals surface area contributed by atoms with Crippen molar-refractivity contribution in [3.05, 3.63) is 34.3 Å². The molecular formula is C10H9Cl2N3. The fourth-order valence-corrected chi connectivity index (χ4v) is 1.85. The standard InChI is InChI=1S/C10H9Cl2N3/c1-15-10(13)5-9(14-15)6-2-7(11)4-8(12)3-6/h2-5H,13H2,1H3. The fraction of sp³-hybridized carbons (Fsp3) is 0.100. The summed E-state index contributed by atoms with van der Waals surface area (Å²) < 4.78 is 1.60. The first-order valence-corrected chi connectivity index (χ1v) is 5.08. The molecule has 0 radical (unpaired) electrons. The highest BCUT2D eigenvalue weighted by Gasteiger charge is 2.06. The SMILES string of the molecule is Cn1nc(-c2cc(Cl)cc(Cl)c2)cc1N. The van der Waals surface area contributed by atoms with Gasteiger partial charge in [0.25, 0.3) is 0 Å². The molecule has 0 fully saturated rings. The zero-order valence-electron chi connectivity index (χ0n) is 8.04. The number of nitrogens with two attached hydrogens (primary N) is 1. The normalized spacial score (nSPS) is 10.6. The van der Waals surface area contributed by atoms with E-state index in [0.717, 1.165) is 11.3 Å². The van der Waals surface area contributed by atoms with Crippen molar-refractivity contribution >= 4 is 29.0 Å². The molecule has 0 amide bonds. The Balaban J connectivity index is 2.53. The van der Waals surface area contributed by atoms with Crippen molar-refractivity contribution in [1.82, 2.24) is 9.78 Å². The largest absolute Gasteiger partial charge is 0.384 e. The second-order valence-corrected chi connectivity index (χ2v) is 4.11. The topological polar surface area (TPSA) is 43.8 Å². The Bertz CT molecular complexity index is 466. The average molecular weight is 242 g/mol.